The Hall–Kier alpha value is -0.890. The number of aliphatic hydroxyl groups excluding tert-OH is 2. The summed E-state index contributed by atoms with van der Waals surface area (Å²) in [6, 6.07) is -0.714. The highest BCUT2D eigenvalue weighted by Crippen LogP contribution is 2.39. The maximum Gasteiger partial charge on any atom is 0.188 e. The topological polar surface area (TPSA) is 117 Å². The Labute approximate surface area is 97.7 Å². The minimum absolute atomic E-state index is 0.481. The first-order valence-corrected chi connectivity index (χ1v) is 5.33. The van der Waals surface area contributed by atoms with Crippen LogP contribution in [0.4, 0.5) is 0 Å². The molecule has 0 radical (unpaired) electrons. The number of hydrogen-bond acceptors (Lipinski definition) is 6. The number of rotatable bonds is 3. The highest BCUT2D eigenvalue weighted by molar-refractivity contribution is 5.00. The van der Waals surface area contributed by atoms with E-state index >= 15 is 0 Å². The lowest BCUT2D eigenvalue weighted by atomic mass is 10.0. The quantitative estimate of drug-likeness (QED) is 0.409. The van der Waals surface area contributed by atoms with Gasteiger partial charge in [0.1, 0.15) is 18.3 Å². The lowest BCUT2D eigenvalue weighted by Crippen LogP contribution is -2.41. The number of ether oxygens (including phenoxy) is 3. The van der Waals surface area contributed by atoms with Gasteiger partial charge in [0, 0.05) is 4.91 Å². The Balaban J connectivity index is 2.18. The van der Waals surface area contributed by atoms with Crippen LogP contribution in [0.5, 0.6) is 0 Å². The van der Waals surface area contributed by atoms with E-state index in [1.807, 2.05) is 0 Å². The van der Waals surface area contributed by atoms with Gasteiger partial charge >= 0.3 is 0 Å². The molecular weight excluding hydrogens is 230 g/mol. The molecule has 0 aromatic rings. The number of hydrogen-bond donors (Lipinski definition) is 2. The van der Waals surface area contributed by atoms with Gasteiger partial charge in [-0.2, -0.15) is 0 Å². The first-order valence-electron chi connectivity index (χ1n) is 5.33. The first kappa shape index (κ1) is 12.6. The molecule has 2 rings (SSSR count). The normalized spacial score (nSPS) is 40.7. The van der Waals surface area contributed by atoms with Crippen molar-refractivity contribution in [1.82, 2.24) is 0 Å². The summed E-state index contributed by atoms with van der Waals surface area (Å²) in [6.45, 7) is 2.96. The molecule has 1 unspecified atom stereocenters. The third-order valence-electron chi connectivity index (χ3n) is 2.80. The van der Waals surface area contributed by atoms with E-state index in [1.165, 1.54) is 0 Å². The first-order chi connectivity index (χ1) is 7.98. The van der Waals surface area contributed by atoms with E-state index in [0.717, 1.165) is 0 Å². The SMILES string of the molecule is CC1(C)O[C@H]2O[C@@H](C(O)CO)[C@H](N=[N+]=[N-])[C@H]2O1. The minimum Gasteiger partial charge on any atom is -0.394 e. The average molecular weight is 245 g/mol. The third-order valence-corrected chi connectivity index (χ3v) is 2.80. The van der Waals surface area contributed by atoms with Crippen molar-refractivity contribution < 1.29 is 24.4 Å². The van der Waals surface area contributed by atoms with E-state index in [2.05, 4.69) is 10.0 Å². The molecule has 96 valence electrons. The highest BCUT2D eigenvalue weighted by Gasteiger charge is 2.55. The van der Waals surface area contributed by atoms with Crippen molar-refractivity contribution in [3.63, 3.8) is 0 Å². The molecule has 2 N–H and O–H groups in total. The molecule has 2 heterocycles. The van der Waals surface area contributed by atoms with Gasteiger partial charge in [0.25, 0.3) is 0 Å². The summed E-state index contributed by atoms with van der Waals surface area (Å²) < 4.78 is 16.4. The van der Waals surface area contributed by atoms with E-state index < -0.39 is 43.0 Å². The zero-order valence-corrected chi connectivity index (χ0v) is 9.55. The molecule has 0 spiro atoms. The molecule has 17 heavy (non-hydrogen) atoms. The molecule has 0 aromatic carbocycles. The third kappa shape index (κ3) is 2.23. The Morgan fingerprint density at radius 1 is 1.47 bits per heavy atom. The van der Waals surface area contributed by atoms with Crippen LogP contribution in [-0.4, -0.2) is 53.3 Å². The lowest BCUT2D eigenvalue weighted by molar-refractivity contribution is -0.217. The van der Waals surface area contributed by atoms with E-state index in [4.69, 9.17) is 24.8 Å². The molecule has 8 nitrogen and oxygen atoms in total. The summed E-state index contributed by atoms with van der Waals surface area (Å²) in [6.07, 6.45) is -3.20. The van der Waals surface area contributed by atoms with Crippen molar-refractivity contribution in [2.75, 3.05) is 6.61 Å². The molecule has 2 aliphatic rings. The monoisotopic (exact) mass is 245 g/mol. The molecule has 2 aliphatic heterocycles. The predicted octanol–water partition coefficient (Wildman–Crippen LogP) is -0.105. The predicted molar refractivity (Wildman–Crippen MR) is 54.7 cm³/mol. The van der Waals surface area contributed by atoms with E-state index in [0.29, 0.717) is 0 Å². The number of fused-ring (bicyclic) bond motifs is 1. The highest BCUT2D eigenvalue weighted by atomic mass is 16.8. The molecule has 0 saturated carbocycles. The molecule has 2 saturated heterocycles. The van der Waals surface area contributed by atoms with Crippen LogP contribution in [0.3, 0.4) is 0 Å². The molecule has 2 fully saturated rings. The van der Waals surface area contributed by atoms with E-state index in [9.17, 15) is 5.11 Å². The van der Waals surface area contributed by atoms with Gasteiger partial charge < -0.3 is 24.4 Å². The number of nitrogens with zero attached hydrogens (tertiary/aromatic N) is 3. The Kier molecular flexibility index (Phi) is 3.26. The van der Waals surface area contributed by atoms with Crippen LogP contribution in [0.15, 0.2) is 5.11 Å². The second kappa shape index (κ2) is 4.41. The van der Waals surface area contributed by atoms with Crippen LogP contribution >= 0.6 is 0 Å². The summed E-state index contributed by atoms with van der Waals surface area (Å²) >= 11 is 0. The van der Waals surface area contributed by atoms with Gasteiger partial charge in [-0.05, 0) is 19.4 Å². The van der Waals surface area contributed by atoms with Gasteiger partial charge in [0.05, 0.1) is 12.6 Å². The average Bonchev–Trinajstić information content (AvgIpc) is 2.72. The van der Waals surface area contributed by atoms with Crippen molar-refractivity contribution in [1.29, 1.82) is 0 Å². The van der Waals surface area contributed by atoms with Crippen molar-refractivity contribution in [3.8, 4) is 0 Å². The summed E-state index contributed by atoms with van der Waals surface area (Å²) in [7, 11) is 0. The van der Waals surface area contributed by atoms with Gasteiger partial charge in [0.2, 0.25) is 0 Å². The van der Waals surface area contributed by atoms with Crippen LogP contribution in [0.25, 0.3) is 10.4 Å². The second-order valence-electron chi connectivity index (χ2n) is 4.51. The van der Waals surface area contributed by atoms with Gasteiger partial charge in [-0.3, -0.25) is 0 Å². The smallest absolute Gasteiger partial charge is 0.188 e. The Bertz CT molecular complexity index is 344. The minimum atomic E-state index is -1.13. The fraction of sp³-hybridized carbons (Fsp3) is 1.00. The second-order valence-corrected chi connectivity index (χ2v) is 4.51. The maximum atomic E-state index is 9.57. The van der Waals surface area contributed by atoms with Gasteiger partial charge in [-0.1, -0.05) is 5.11 Å². The lowest BCUT2D eigenvalue weighted by Gasteiger charge is -2.25. The van der Waals surface area contributed by atoms with Crippen LogP contribution in [0.2, 0.25) is 0 Å². The molecule has 0 aliphatic carbocycles. The molecular formula is C9H15N3O5. The fourth-order valence-electron chi connectivity index (χ4n) is 2.13. The summed E-state index contributed by atoms with van der Waals surface area (Å²) in [5.74, 6) is -0.812. The van der Waals surface area contributed by atoms with Crippen molar-refractivity contribution >= 4 is 0 Å². The number of azide groups is 1. The van der Waals surface area contributed by atoms with Gasteiger partial charge in [-0.25, -0.2) is 0 Å². The van der Waals surface area contributed by atoms with Crippen molar-refractivity contribution in [3.05, 3.63) is 10.4 Å². The molecule has 0 amide bonds. The van der Waals surface area contributed by atoms with Crippen LogP contribution in [-0.2, 0) is 14.2 Å². The van der Waals surface area contributed by atoms with E-state index in [-0.39, 0.29) is 0 Å². The van der Waals surface area contributed by atoms with Gasteiger partial charge in [0.15, 0.2) is 12.1 Å². The maximum absolute atomic E-state index is 9.57. The van der Waals surface area contributed by atoms with Crippen molar-refractivity contribution in [2.24, 2.45) is 5.11 Å². The molecule has 0 aromatic heterocycles. The summed E-state index contributed by atoms with van der Waals surface area (Å²) in [4.78, 5) is 2.71. The number of aliphatic hydroxyl groups is 2. The zero-order valence-electron chi connectivity index (χ0n) is 9.55. The van der Waals surface area contributed by atoms with Crippen molar-refractivity contribution in [2.45, 2.75) is 50.3 Å². The van der Waals surface area contributed by atoms with E-state index in [1.54, 1.807) is 13.8 Å². The molecule has 8 heteroatoms. The standard InChI is InChI=1S/C9H15N3O5/c1-9(2)16-7-5(11-12-10)6(4(14)3-13)15-8(7)17-9/h4-8,13-14H,3H2,1-2H3/t4?,5-,6-,7+,8+/m0/s1. The molecule has 0 bridgehead atoms. The summed E-state index contributed by atoms with van der Waals surface area (Å²) in [5, 5.41) is 22.0. The summed E-state index contributed by atoms with van der Waals surface area (Å²) in [5.41, 5.74) is 8.51. The Morgan fingerprint density at radius 2 is 2.18 bits per heavy atom. The zero-order chi connectivity index (χ0) is 12.6. The van der Waals surface area contributed by atoms with Crippen LogP contribution in [0.1, 0.15) is 13.8 Å². The molecule has 5 atom stereocenters. The fourth-order valence-corrected chi connectivity index (χ4v) is 2.13. The van der Waals surface area contributed by atoms with Crippen LogP contribution in [0, 0.1) is 0 Å². The van der Waals surface area contributed by atoms with Gasteiger partial charge in [-0.15, -0.1) is 0 Å². The Morgan fingerprint density at radius 3 is 2.76 bits per heavy atom. The largest absolute Gasteiger partial charge is 0.394 e. The van der Waals surface area contributed by atoms with Crippen LogP contribution < -0.4 is 0 Å².